The molecule has 0 radical (unpaired) electrons. The fourth-order valence-electron chi connectivity index (χ4n) is 1.27. The van der Waals surface area contributed by atoms with Gasteiger partial charge in [-0.2, -0.15) is 0 Å². The van der Waals surface area contributed by atoms with Gasteiger partial charge < -0.3 is 11.1 Å². The number of pyridine rings is 1. The maximum atomic E-state index is 13.0. The maximum Gasteiger partial charge on any atom is 0.125 e. The lowest BCUT2D eigenvalue weighted by Crippen LogP contribution is -1.95. The molecule has 1 heterocycles. The molecule has 16 heavy (non-hydrogen) atoms. The summed E-state index contributed by atoms with van der Waals surface area (Å²) in [7, 11) is 0. The van der Waals surface area contributed by atoms with Gasteiger partial charge in [-0.05, 0) is 24.3 Å². The Morgan fingerprint density at radius 2 is 2.06 bits per heavy atom. The second-order valence-corrected chi connectivity index (χ2v) is 3.63. The van der Waals surface area contributed by atoms with E-state index in [9.17, 15) is 4.39 Å². The van der Waals surface area contributed by atoms with Crippen LogP contribution in [-0.4, -0.2) is 4.98 Å². The summed E-state index contributed by atoms with van der Waals surface area (Å²) in [4.78, 5) is 3.85. The molecule has 1 aromatic heterocycles. The van der Waals surface area contributed by atoms with E-state index in [1.54, 1.807) is 18.3 Å². The first-order chi connectivity index (χ1) is 7.65. The fraction of sp³-hybridized carbons (Fsp3) is 0. The van der Waals surface area contributed by atoms with Gasteiger partial charge in [0.25, 0.3) is 0 Å². The number of nitrogens with zero attached hydrogens (tertiary/aromatic N) is 1. The summed E-state index contributed by atoms with van der Waals surface area (Å²) in [6, 6.07) is 7.47. The van der Waals surface area contributed by atoms with Crippen LogP contribution in [0.1, 0.15) is 0 Å². The van der Waals surface area contributed by atoms with Gasteiger partial charge in [-0.15, -0.1) is 0 Å². The van der Waals surface area contributed by atoms with Crippen LogP contribution in [0.25, 0.3) is 0 Å². The third-order valence-corrected chi connectivity index (χ3v) is 2.32. The van der Waals surface area contributed by atoms with Gasteiger partial charge in [0.15, 0.2) is 0 Å². The zero-order valence-corrected chi connectivity index (χ0v) is 9.00. The monoisotopic (exact) mass is 237 g/mol. The van der Waals surface area contributed by atoms with Crippen molar-refractivity contribution in [2.45, 2.75) is 0 Å². The third kappa shape index (κ3) is 2.41. The number of anilines is 3. The van der Waals surface area contributed by atoms with Gasteiger partial charge in [0.1, 0.15) is 11.6 Å². The predicted octanol–water partition coefficient (Wildman–Crippen LogP) is 3.20. The van der Waals surface area contributed by atoms with Crippen molar-refractivity contribution >= 4 is 28.8 Å². The van der Waals surface area contributed by atoms with E-state index < -0.39 is 0 Å². The van der Waals surface area contributed by atoms with Gasteiger partial charge in [0.05, 0.1) is 10.7 Å². The Morgan fingerprint density at radius 3 is 2.81 bits per heavy atom. The molecule has 82 valence electrons. The molecule has 3 nitrogen and oxygen atoms in total. The van der Waals surface area contributed by atoms with Crippen molar-refractivity contribution in [3.8, 4) is 0 Å². The first-order valence-electron chi connectivity index (χ1n) is 4.59. The van der Waals surface area contributed by atoms with E-state index in [0.717, 1.165) is 0 Å². The normalized spacial score (nSPS) is 10.1. The Labute approximate surface area is 97.1 Å². The van der Waals surface area contributed by atoms with E-state index in [2.05, 4.69) is 10.3 Å². The number of nitrogens with two attached hydrogens (primary N) is 1. The number of aromatic nitrogens is 1. The van der Waals surface area contributed by atoms with Gasteiger partial charge in [0.2, 0.25) is 0 Å². The van der Waals surface area contributed by atoms with E-state index in [1.807, 2.05) is 0 Å². The lowest BCUT2D eigenvalue weighted by atomic mass is 10.3. The standard InChI is InChI=1S/C11H9ClFN3/c12-9-2-1-7(13)5-10(9)16-8-3-4-15-11(14)6-8/h1-6H,(H3,14,15,16). The number of nitrogens with one attached hydrogen (secondary N) is 1. The maximum absolute atomic E-state index is 13.0. The minimum Gasteiger partial charge on any atom is -0.384 e. The molecule has 0 saturated heterocycles. The molecule has 0 aliphatic carbocycles. The van der Waals surface area contributed by atoms with E-state index in [-0.39, 0.29) is 5.82 Å². The topological polar surface area (TPSA) is 50.9 Å². The molecule has 0 aliphatic rings. The van der Waals surface area contributed by atoms with E-state index in [0.29, 0.717) is 22.2 Å². The highest BCUT2D eigenvalue weighted by atomic mass is 35.5. The van der Waals surface area contributed by atoms with Crippen molar-refractivity contribution in [2.24, 2.45) is 0 Å². The number of rotatable bonds is 2. The van der Waals surface area contributed by atoms with Crippen LogP contribution in [0.3, 0.4) is 0 Å². The first kappa shape index (κ1) is 10.7. The SMILES string of the molecule is Nc1cc(Nc2cc(F)ccc2Cl)ccn1. The summed E-state index contributed by atoms with van der Waals surface area (Å²) in [6.45, 7) is 0. The number of halogens is 2. The highest BCUT2D eigenvalue weighted by molar-refractivity contribution is 6.33. The van der Waals surface area contributed by atoms with Crippen LogP contribution in [0, 0.1) is 5.82 Å². The first-order valence-corrected chi connectivity index (χ1v) is 4.96. The van der Waals surface area contributed by atoms with Gasteiger partial charge in [-0.3, -0.25) is 0 Å². The summed E-state index contributed by atoms with van der Waals surface area (Å²) in [5.41, 5.74) is 6.72. The highest BCUT2D eigenvalue weighted by Crippen LogP contribution is 2.26. The molecule has 2 aromatic rings. The second-order valence-electron chi connectivity index (χ2n) is 3.22. The molecule has 0 spiro atoms. The van der Waals surface area contributed by atoms with Crippen LogP contribution in [-0.2, 0) is 0 Å². The lowest BCUT2D eigenvalue weighted by Gasteiger charge is -2.08. The van der Waals surface area contributed by atoms with E-state index in [4.69, 9.17) is 17.3 Å². The molecule has 0 unspecified atom stereocenters. The highest BCUT2D eigenvalue weighted by Gasteiger charge is 2.02. The zero-order chi connectivity index (χ0) is 11.5. The number of benzene rings is 1. The van der Waals surface area contributed by atoms with Crippen LogP contribution >= 0.6 is 11.6 Å². The minimum absolute atomic E-state index is 0.353. The second kappa shape index (κ2) is 4.37. The Morgan fingerprint density at radius 1 is 1.25 bits per heavy atom. The molecule has 0 saturated carbocycles. The zero-order valence-electron chi connectivity index (χ0n) is 8.24. The quantitative estimate of drug-likeness (QED) is 0.843. The smallest absolute Gasteiger partial charge is 0.125 e. The fourth-order valence-corrected chi connectivity index (χ4v) is 1.44. The average Bonchev–Trinajstić information content (AvgIpc) is 2.24. The summed E-state index contributed by atoms with van der Waals surface area (Å²) < 4.78 is 13.0. The van der Waals surface area contributed by atoms with Crippen molar-refractivity contribution < 1.29 is 4.39 Å². The molecule has 0 aliphatic heterocycles. The molecule has 2 rings (SSSR count). The molecule has 1 aromatic carbocycles. The average molecular weight is 238 g/mol. The summed E-state index contributed by atoms with van der Waals surface area (Å²) in [5, 5.41) is 3.40. The summed E-state index contributed by atoms with van der Waals surface area (Å²) in [5.74, 6) is 0.0338. The van der Waals surface area contributed by atoms with Crippen molar-refractivity contribution in [3.05, 3.63) is 47.4 Å². The third-order valence-electron chi connectivity index (χ3n) is 1.99. The van der Waals surface area contributed by atoms with Crippen LogP contribution < -0.4 is 11.1 Å². The minimum atomic E-state index is -0.353. The molecule has 0 bridgehead atoms. The number of hydrogen-bond acceptors (Lipinski definition) is 3. The Kier molecular flexibility index (Phi) is 2.92. The van der Waals surface area contributed by atoms with Crippen LogP contribution in [0.2, 0.25) is 5.02 Å². The molecule has 0 fully saturated rings. The molecular weight excluding hydrogens is 229 g/mol. The van der Waals surface area contributed by atoms with Crippen molar-refractivity contribution in [1.29, 1.82) is 0 Å². The predicted molar refractivity (Wildman–Crippen MR) is 63.3 cm³/mol. The molecule has 0 atom stereocenters. The van der Waals surface area contributed by atoms with E-state index >= 15 is 0 Å². The largest absolute Gasteiger partial charge is 0.384 e. The van der Waals surface area contributed by atoms with E-state index in [1.165, 1.54) is 18.2 Å². The van der Waals surface area contributed by atoms with Gasteiger partial charge in [0, 0.05) is 18.0 Å². The van der Waals surface area contributed by atoms with Gasteiger partial charge >= 0.3 is 0 Å². The Hall–Kier alpha value is -1.81. The lowest BCUT2D eigenvalue weighted by molar-refractivity contribution is 0.628. The summed E-state index contributed by atoms with van der Waals surface area (Å²) >= 11 is 5.91. The van der Waals surface area contributed by atoms with Crippen molar-refractivity contribution in [3.63, 3.8) is 0 Å². The number of hydrogen-bond donors (Lipinski definition) is 2. The molecule has 0 amide bonds. The van der Waals surface area contributed by atoms with Crippen molar-refractivity contribution in [2.75, 3.05) is 11.1 Å². The number of nitrogen functional groups attached to an aromatic ring is 1. The van der Waals surface area contributed by atoms with Crippen molar-refractivity contribution in [1.82, 2.24) is 4.98 Å². The van der Waals surface area contributed by atoms with Crippen LogP contribution in [0.4, 0.5) is 21.6 Å². The van der Waals surface area contributed by atoms with Gasteiger partial charge in [-0.25, -0.2) is 9.37 Å². The van der Waals surface area contributed by atoms with Crippen LogP contribution in [0.5, 0.6) is 0 Å². The summed E-state index contributed by atoms with van der Waals surface area (Å²) in [6.07, 6.45) is 1.56. The molecule has 3 N–H and O–H groups in total. The molecular formula is C11H9ClFN3. The molecule has 5 heteroatoms. The van der Waals surface area contributed by atoms with Crippen LogP contribution in [0.15, 0.2) is 36.5 Å². The Balaban J connectivity index is 2.30. The Bertz CT molecular complexity index is 516. The van der Waals surface area contributed by atoms with Gasteiger partial charge in [-0.1, -0.05) is 11.6 Å².